The van der Waals surface area contributed by atoms with Gasteiger partial charge in [-0.25, -0.2) is 9.78 Å². The number of aliphatic hydroxyl groups excluding tert-OH is 1. The minimum absolute atomic E-state index is 0.0600. The lowest BCUT2D eigenvalue weighted by molar-refractivity contribution is -0.0442. The Kier molecular flexibility index (Phi) is 4.03. The monoisotopic (exact) mass is 382 g/mol. The maximum absolute atomic E-state index is 11.8. The summed E-state index contributed by atoms with van der Waals surface area (Å²) in [5.41, 5.74) is 1.47. The van der Waals surface area contributed by atoms with Crippen LogP contribution in [0, 0.1) is 11.8 Å². The molecule has 0 radical (unpaired) electrons. The van der Waals surface area contributed by atoms with Gasteiger partial charge in [-0.15, -0.1) is 6.58 Å². The number of hydrogen-bond donors (Lipinski definition) is 1. The molecule has 7 nitrogen and oxygen atoms in total. The third-order valence-electron chi connectivity index (χ3n) is 6.33. The van der Waals surface area contributed by atoms with Crippen molar-refractivity contribution in [2.45, 2.75) is 25.0 Å². The van der Waals surface area contributed by atoms with Crippen molar-refractivity contribution in [3.63, 3.8) is 0 Å². The third-order valence-corrected chi connectivity index (χ3v) is 6.33. The predicted octanol–water partition coefficient (Wildman–Crippen LogP) is 2.87. The van der Waals surface area contributed by atoms with Crippen LogP contribution >= 0.6 is 0 Å². The fourth-order valence-corrected chi connectivity index (χ4v) is 4.90. The molecule has 7 heteroatoms. The van der Waals surface area contributed by atoms with Crippen LogP contribution in [0.5, 0.6) is 5.75 Å². The molecule has 3 aliphatic rings. The summed E-state index contributed by atoms with van der Waals surface area (Å²) in [6, 6.07) is 5.33. The van der Waals surface area contributed by atoms with Crippen molar-refractivity contribution in [3.05, 3.63) is 47.0 Å². The van der Waals surface area contributed by atoms with Gasteiger partial charge < -0.3 is 18.7 Å². The van der Waals surface area contributed by atoms with Crippen LogP contribution in [-0.2, 0) is 0 Å². The van der Waals surface area contributed by atoms with Gasteiger partial charge in [0.15, 0.2) is 0 Å². The molecule has 0 spiro atoms. The molecule has 3 aliphatic heterocycles. The van der Waals surface area contributed by atoms with E-state index in [2.05, 4.69) is 16.5 Å². The lowest BCUT2D eigenvalue weighted by Crippen LogP contribution is -2.54. The van der Waals surface area contributed by atoms with E-state index < -0.39 is 11.9 Å². The minimum atomic E-state index is -0.838. The molecule has 28 heavy (non-hydrogen) atoms. The first-order valence-corrected chi connectivity index (χ1v) is 9.55. The Labute approximate surface area is 161 Å². The molecule has 2 unspecified atom stereocenters. The fraction of sp³-hybridized carbons (Fsp3) is 0.429. The number of methoxy groups -OCH3 is 1. The molecule has 0 amide bonds. The van der Waals surface area contributed by atoms with Gasteiger partial charge in [0.05, 0.1) is 18.7 Å². The topological polar surface area (TPSA) is 88.9 Å². The van der Waals surface area contributed by atoms with E-state index in [-0.39, 0.29) is 17.3 Å². The van der Waals surface area contributed by atoms with Gasteiger partial charge in [-0.05, 0) is 49.4 Å². The summed E-state index contributed by atoms with van der Waals surface area (Å²) in [7, 11) is 1.59. The molecule has 146 valence electrons. The maximum Gasteiger partial charge on any atom is 0.521 e. The highest BCUT2D eigenvalue weighted by Crippen LogP contribution is 2.43. The normalized spacial score (nSPS) is 27.9. The summed E-state index contributed by atoms with van der Waals surface area (Å²) >= 11 is 0. The number of fused-ring (bicyclic) bond motifs is 5. The highest BCUT2D eigenvalue weighted by atomic mass is 16.6. The van der Waals surface area contributed by atoms with Crippen LogP contribution in [0.1, 0.15) is 24.5 Å². The lowest BCUT2D eigenvalue weighted by Gasteiger charge is -2.50. The quantitative estimate of drug-likeness (QED) is 0.694. The van der Waals surface area contributed by atoms with Crippen LogP contribution in [0.2, 0.25) is 0 Å². The van der Waals surface area contributed by atoms with Crippen LogP contribution in [0.15, 0.2) is 44.5 Å². The van der Waals surface area contributed by atoms with Crippen LogP contribution in [-0.4, -0.2) is 41.2 Å². The van der Waals surface area contributed by atoms with Gasteiger partial charge in [0.2, 0.25) is 5.58 Å². The van der Waals surface area contributed by atoms with E-state index in [1.807, 2.05) is 12.1 Å². The molecular weight excluding hydrogens is 360 g/mol. The summed E-state index contributed by atoms with van der Waals surface area (Å²) in [6.07, 6.45) is 3.17. The number of aromatic nitrogens is 1. The van der Waals surface area contributed by atoms with Gasteiger partial charge in [0, 0.05) is 23.5 Å². The smallest absolute Gasteiger partial charge is 0.497 e. The second-order valence-electron chi connectivity index (χ2n) is 7.69. The molecule has 6 rings (SSSR count). The first-order valence-electron chi connectivity index (χ1n) is 9.55. The van der Waals surface area contributed by atoms with Crippen LogP contribution in [0.3, 0.4) is 0 Å². The van der Waals surface area contributed by atoms with Gasteiger partial charge in [-0.2, -0.15) is 0 Å². The summed E-state index contributed by atoms with van der Waals surface area (Å²) < 4.78 is 15.8. The number of piperidine rings is 3. The molecule has 2 aromatic heterocycles. The van der Waals surface area contributed by atoms with Gasteiger partial charge in [0.25, 0.3) is 5.71 Å². The van der Waals surface area contributed by atoms with Crippen molar-refractivity contribution >= 4 is 22.2 Å². The Bertz CT molecular complexity index is 1120. The number of pyridine rings is 1. The van der Waals surface area contributed by atoms with E-state index >= 15 is 0 Å². The Hall–Kier alpha value is -2.64. The number of ether oxygens (including phenoxy) is 1. The van der Waals surface area contributed by atoms with Crippen molar-refractivity contribution < 1.29 is 18.7 Å². The predicted molar refractivity (Wildman–Crippen MR) is 103 cm³/mol. The molecule has 5 atom stereocenters. The molecule has 5 heterocycles. The van der Waals surface area contributed by atoms with Gasteiger partial charge >= 0.3 is 5.82 Å². The maximum atomic E-state index is 11.8. The summed E-state index contributed by atoms with van der Waals surface area (Å²) in [6.45, 7) is 5.80. The average molecular weight is 382 g/mol. The van der Waals surface area contributed by atoms with Gasteiger partial charge in [-0.3, -0.25) is 4.90 Å². The van der Waals surface area contributed by atoms with Gasteiger partial charge in [-0.1, -0.05) is 6.08 Å². The molecule has 2 bridgehead atoms. The van der Waals surface area contributed by atoms with E-state index in [1.165, 1.54) is 0 Å². The Morgan fingerprint density at radius 2 is 2.29 bits per heavy atom. The zero-order chi connectivity index (χ0) is 19.4. The van der Waals surface area contributed by atoms with E-state index in [0.717, 1.165) is 25.9 Å². The van der Waals surface area contributed by atoms with Crippen LogP contribution in [0.25, 0.3) is 22.2 Å². The number of benzene rings is 1. The Morgan fingerprint density at radius 1 is 1.43 bits per heavy atom. The van der Waals surface area contributed by atoms with Crippen molar-refractivity contribution in [1.82, 2.24) is 9.88 Å². The number of aliphatic hydroxyl groups is 1. The summed E-state index contributed by atoms with van der Waals surface area (Å²) in [5, 5.41) is 12.2. The second kappa shape index (κ2) is 6.46. The first-order chi connectivity index (χ1) is 13.6. The number of hydrogen-bond acceptors (Lipinski definition) is 7. The molecule has 3 saturated heterocycles. The first kappa shape index (κ1) is 17.5. The van der Waals surface area contributed by atoms with E-state index in [9.17, 15) is 9.90 Å². The third kappa shape index (κ3) is 2.57. The van der Waals surface area contributed by atoms with Crippen molar-refractivity contribution in [3.8, 4) is 5.75 Å². The highest BCUT2D eigenvalue weighted by Gasteiger charge is 2.43. The molecule has 1 N–H and O–H groups in total. The Morgan fingerprint density at radius 3 is 3.00 bits per heavy atom. The number of nitrogens with zero attached hydrogens (tertiary/aromatic N) is 2. The van der Waals surface area contributed by atoms with Crippen molar-refractivity contribution in [1.29, 1.82) is 0 Å². The SMILES string of the molecule is C=C[C@H]1CN2CCC1C[C@H]2[C@H](O)c1c2cc(OC)ccc2nc2oc(=O)oc12. The number of rotatable bonds is 4. The Balaban J connectivity index is 1.67. The standard InChI is InChI=1S/C21H22N2O5/c1-3-11-10-23-7-6-12(11)8-16(23)18(24)17-14-9-13(26-2)4-5-15(14)22-20-19(17)27-21(25)28-20/h3-5,9,11-12,16,18,24H,1,6-8,10H2,2H3/t11-,12?,16-,18-/m0/s1. The van der Waals surface area contributed by atoms with Crippen LogP contribution in [0.4, 0.5) is 0 Å². The molecule has 0 aliphatic carbocycles. The van der Waals surface area contributed by atoms with Crippen LogP contribution < -0.4 is 10.6 Å². The molecule has 3 fully saturated rings. The highest BCUT2D eigenvalue weighted by molar-refractivity contribution is 5.94. The van der Waals surface area contributed by atoms with Crippen molar-refractivity contribution in [2.24, 2.45) is 11.8 Å². The lowest BCUT2D eigenvalue weighted by atomic mass is 9.73. The molecule has 1 aromatic carbocycles. The van der Waals surface area contributed by atoms with E-state index in [1.54, 1.807) is 19.2 Å². The van der Waals surface area contributed by atoms with E-state index in [0.29, 0.717) is 34.1 Å². The second-order valence-corrected chi connectivity index (χ2v) is 7.69. The molecule has 3 aromatic rings. The largest absolute Gasteiger partial charge is 0.521 e. The summed E-state index contributed by atoms with van der Waals surface area (Å²) in [4.78, 5) is 18.4. The molecule has 0 saturated carbocycles. The minimum Gasteiger partial charge on any atom is -0.497 e. The van der Waals surface area contributed by atoms with Crippen molar-refractivity contribution in [2.75, 3.05) is 20.2 Å². The fourth-order valence-electron chi connectivity index (χ4n) is 4.90. The van der Waals surface area contributed by atoms with Gasteiger partial charge in [0.1, 0.15) is 5.75 Å². The zero-order valence-electron chi connectivity index (χ0n) is 15.6. The molecular formula is C21H22N2O5. The van der Waals surface area contributed by atoms with E-state index in [4.69, 9.17) is 13.6 Å². The summed E-state index contributed by atoms with van der Waals surface area (Å²) in [5.74, 6) is 0.788. The zero-order valence-corrected chi connectivity index (χ0v) is 15.6. The average Bonchev–Trinajstić information content (AvgIpc) is 3.10.